The molecule has 1 unspecified atom stereocenters. The van der Waals surface area contributed by atoms with Crippen molar-refractivity contribution in [2.45, 2.75) is 39.7 Å². The zero-order valence-corrected chi connectivity index (χ0v) is 22.5. The molecule has 1 aromatic heterocycles. The van der Waals surface area contributed by atoms with Crippen LogP contribution in [-0.2, 0) is 7.05 Å². The van der Waals surface area contributed by atoms with Crippen molar-refractivity contribution in [3.05, 3.63) is 76.6 Å². The highest BCUT2D eigenvalue weighted by atomic mass is 16.5. The average Bonchev–Trinajstić information content (AvgIpc) is 3.73. The molecule has 1 heterocycles. The number of likely N-dealkylation sites (N-methyl/N-ethyl adjacent to an activating group) is 1. The second kappa shape index (κ2) is 14.8. The quantitative estimate of drug-likeness (QED) is 0.377. The number of ether oxygens (including phenoxy) is 1. The van der Waals surface area contributed by atoms with Crippen LogP contribution in [-0.4, -0.2) is 48.1 Å². The number of benzene rings is 2. The Morgan fingerprint density at radius 1 is 1.14 bits per heavy atom. The minimum Gasteiger partial charge on any atom is -0.493 e. The Hall–Kier alpha value is -3.45. The lowest BCUT2D eigenvalue weighted by molar-refractivity contribution is 0.297. The standard InChI is InChI=1S/C23H28N4O2.C4H7N.C2H6/c1-26(2)21(17-10-12-18(13-11-17)29-15-16-8-9-16)14-24-22-19-6-4-5-7-20(19)23(28)27(3)25-22;1-2-3-4-5;1-2/h4-7,10-13,16,21H,8-9,14-15H2,1-3H3,(H,24,25);2-5H,1H3;1-2H3/b;3-2-,5-4?;. The van der Waals surface area contributed by atoms with Crippen molar-refractivity contribution >= 4 is 22.8 Å². The predicted octanol–water partition coefficient (Wildman–Crippen LogP) is 5.68. The Balaban J connectivity index is 0.000000583. The first-order chi connectivity index (χ1) is 17.4. The zero-order chi connectivity index (χ0) is 26.5. The highest BCUT2D eigenvalue weighted by Crippen LogP contribution is 2.30. The lowest BCUT2D eigenvalue weighted by Gasteiger charge is -2.26. The van der Waals surface area contributed by atoms with E-state index in [1.165, 1.54) is 29.3 Å². The van der Waals surface area contributed by atoms with Crippen molar-refractivity contribution in [3.8, 4) is 5.75 Å². The van der Waals surface area contributed by atoms with Gasteiger partial charge in [-0.2, -0.15) is 5.10 Å². The summed E-state index contributed by atoms with van der Waals surface area (Å²) in [5.74, 6) is 2.40. The molecule has 0 amide bonds. The Morgan fingerprint density at radius 2 is 1.78 bits per heavy atom. The fourth-order valence-electron chi connectivity index (χ4n) is 3.60. The van der Waals surface area contributed by atoms with Crippen LogP contribution < -0.4 is 15.6 Å². The van der Waals surface area contributed by atoms with Gasteiger partial charge in [-0.15, -0.1) is 0 Å². The van der Waals surface area contributed by atoms with Gasteiger partial charge in [0.25, 0.3) is 5.56 Å². The van der Waals surface area contributed by atoms with Gasteiger partial charge >= 0.3 is 0 Å². The summed E-state index contributed by atoms with van der Waals surface area (Å²) in [6.45, 7) is 7.37. The third-order valence-corrected chi connectivity index (χ3v) is 5.78. The van der Waals surface area contributed by atoms with Crippen LogP contribution in [0.25, 0.3) is 10.8 Å². The molecule has 1 aliphatic rings. The summed E-state index contributed by atoms with van der Waals surface area (Å²) >= 11 is 0. The molecular formula is C29H41N5O2. The average molecular weight is 492 g/mol. The SMILES string of the molecule is C/C=C\C=N.CC.CN(C)C(CNc1nn(C)c(=O)c2ccccc12)c1ccc(OCC2CC2)cc1. The lowest BCUT2D eigenvalue weighted by Crippen LogP contribution is -2.28. The highest BCUT2D eigenvalue weighted by Gasteiger charge is 2.22. The molecule has 3 aromatic rings. The van der Waals surface area contributed by atoms with Gasteiger partial charge in [-0.3, -0.25) is 4.79 Å². The lowest BCUT2D eigenvalue weighted by atomic mass is 10.1. The summed E-state index contributed by atoms with van der Waals surface area (Å²) in [6.07, 6.45) is 7.31. The number of hydrogen-bond donors (Lipinski definition) is 2. The van der Waals surface area contributed by atoms with Crippen LogP contribution in [0, 0.1) is 11.3 Å². The van der Waals surface area contributed by atoms with Crippen LogP contribution in [0.5, 0.6) is 5.75 Å². The third kappa shape index (κ3) is 8.34. The number of allylic oxidation sites excluding steroid dienone is 2. The molecule has 0 saturated heterocycles. The van der Waals surface area contributed by atoms with E-state index in [0.29, 0.717) is 11.9 Å². The minimum atomic E-state index is -0.0860. The Bertz CT molecular complexity index is 1160. The molecule has 4 rings (SSSR count). The molecule has 0 spiro atoms. The first-order valence-electron chi connectivity index (χ1n) is 12.7. The van der Waals surface area contributed by atoms with E-state index in [4.69, 9.17) is 10.1 Å². The second-order valence-corrected chi connectivity index (χ2v) is 8.70. The Labute approximate surface area is 215 Å². The molecular weight excluding hydrogens is 450 g/mol. The first kappa shape index (κ1) is 28.8. The summed E-state index contributed by atoms with van der Waals surface area (Å²) in [6, 6.07) is 16.1. The largest absolute Gasteiger partial charge is 0.493 e. The Kier molecular flexibility index (Phi) is 11.9. The maximum absolute atomic E-state index is 12.3. The molecule has 2 aromatic carbocycles. The van der Waals surface area contributed by atoms with Gasteiger partial charge in [-0.1, -0.05) is 50.3 Å². The molecule has 36 heavy (non-hydrogen) atoms. The van der Waals surface area contributed by atoms with Crippen molar-refractivity contribution in [2.24, 2.45) is 13.0 Å². The van der Waals surface area contributed by atoms with E-state index in [1.54, 1.807) is 13.1 Å². The van der Waals surface area contributed by atoms with E-state index in [0.717, 1.165) is 29.5 Å². The number of nitrogens with one attached hydrogen (secondary N) is 2. The fourth-order valence-corrected chi connectivity index (χ4v) is 3.60. The molecule has 1 fully saturated rings. The number of fused-ring (bicyclic) bond motifs is 1. The highest BCUT2D eigenvalue weighted by molar-refractivity contribution is 5.90. The van der Waals surface area contributed by atoms with Gasteiger partial charge in [0.15, 0.2) is 5.82 Å². The zero-order valence-electron chi connectivity index (χ0n) is 22.5. The van der Waals surface area contributed by atoms with Gasteiger partial charge in [0, 0.05) is 25.2 Å². The molecule has 7 nitrogen and oxygen atoms in total. The summed E-state index contributed by atoms with van der Waals surface area (Å²) in [4.78, 5) is 14.5. The van der Waals surface area contributed by atoms with E-state index < -0.39 is 0 Å². The van der Waals surface area contributed by atoms with Crippen molar-refractivity contribution < 1.29 is 4.74 Å². The number of rotatable bonds is 9. The number of hydrogen-bond acceptors (Lipinski definition) is 6. The van der Waals surface area contributed by atoms with Crippen LogP contribution in [0.3, 0.4) is 0 Å². The number of nitrogens with zero attached hydrogens (tertiary/aromatic N) is 3. The number of anilines is 1. The van der Waals surface area contributed by atoms with Crippen LogP contribution in [0.1, 0.15) is 45.2 Å². The number of aryl methyl sites for hydroxylation is 1. The summed E-state index contributed by atoms with van der Waals surface area (Å²) < 4.78 is 7.25. The summed E-state index contributed by atoms with van der Waals surface area (Å²) in [7, 11) is 5.82. The van der Waals surface area contributed by atoms with Gasteiger partial charge < -0.3 is 20.4 Å². The third-order valence-electron chi connectivity index (χ3n) is 5.78. The molecule has 2 N–H and O–H groups in total. The van der Waals surface area contributed by atoms with Crippen LogP contribution in [0.2, 0.25) is 0 Å². The van der Waals surface area contributed by atoms with Gasteiger partial charge in [-0.25, -0.2) is 4.68 Å². The summed E-state index contributed by atoms with van der Waals surface area (Å²) in [5, 5.41) is 15.8. The minimum absolute atomic E-state index is 0.0860. The molecule has 0 aliphatic heterocycles. The van der Waals surface area contributed by atoms with Crippen LogP contribution in [0.4, 0.5) is 5.82 Å². The molecule has 1 aliphatic carbocycles. The Morgan fingerprint density at radius 3 is 2.31 bits per heavy atom. The molecule has 0 bridgehead atoms. The maximum atomic E-state index is 12.3. The van der Waals surface area contributed by atoms with E-state index in [2.05, 4.69) is 41.5 Å². The van der Waals surface area contributed by atoms with Crippen molar-refractivity contribution in [1.29, 1.82) is 5.41 Å². The van der Waals surface area contributed by atoms with E-state index >= 15 is 0 Å². The van der Waals surface area contributed by atoms with Gasteiger partial charge in [-0.05, 0) is 69.6 Å². The summed E-state index contributed by atoms with van der Waals surface area (Å²) in [5.41, 5.74) is 1.12. The van der Waals surface area contributed by atoms with Crippen molar-refractivity contribution in [2.75, 3.05) is 32.6 Å². The topological polar surface area (TPSA) is 83.2 Å². The fraction of sp³-hybridized carbons (Fsp3) is 0.414. The maximum Gasteiger partial charge on any atom is 0.274 e. The molecule has 1 atom stereocenters. The van der Waals surface area contributed by atoms with Crippen molar-refractivity contribution in [3.63, 3.8) is 0 Å². The molecule has 1 saturated carbocycles. The van der Waals surface area contributed by atoms with Crippen molar-refractivity contribution in [1.82, 2.24) is 14.7 Å². The van der Waals surface area contributed by atoms with E-state index in [9.17, 15) is 4.79 Å². The molecule has 194 valence electrons. The normalized spacial score (nSPS) is 13.4. The molecule has 7 heteroatoms. The predicted molar refractivity (Wildman–Crippen MR) is 152 cm³/mol. The molecule has 0 radical (unpaired) electrons. The van der Waals surface area contributed by atoms with E-state index in [-0.39, 0.29) is 11.6 Å². The van der Waals surface area contributed by atoms with E-state index in [1.807, 2.05) is 63.2 Å². The first-order valence-corrected chi connectivity index (χ1v) is 12.7. The smallest absolute Gasteiger partial charge is 0.274 e. The van der Waals surface area contributed by atoms with Gasteiger partial charge in [0.2, 0.25) is 0 Å². The number of aromatic nitrogens is 2. The van der Waals surface area contributed by atoms with Crippen LogP contribution >= 0.6 is 0 Å². The second-order valence-electron chi connectivity index (χ2n) is 8.70. The van der Waals surface area contributed by atoms with Gasteiger partial charge in [0.1, 0.15) is 5.75 Å². The monoisotopic (exact) mass is 491 g/mol. The van der Waals surface area contributed by atoms with Crippen LogP contribution in [0.15, 0.2) is 65.5 Å². The van der Waals surface area contributed by atoms with Gasteiger partial charge in [0.05, 0.1) is 18.0 Å².